The van der Waals surface area contributed by atoms with Crippen molar-refractivity contribution in [3.05, 3.63) is 0 Å². The lowest BCUT2D eigenvalue weighted by Gasteiger charge is -2.24. The summed E-state index contributed by atoms with van der Waals surface area (Å²) in [7, 11) is 0. The fourth-order valence-electron chi connectivity index (χ4n) is 1.11. The van der Waals surface area contributed by atoms with Gasteiger partial charge in [0.2, 0.25) is 0 Å². The molecule has 0 heterocycles. The molecule has 90 valence electrons. The Hall–Kier alpha value is -0.610. The van der Waals surface area contributed by atoms with Crippen LogP contribution < -0.4 is 5.32 Å². The summed E-state index contributed by atoms with van der Waals surface area (Å²) in [6.45, 7) is 8.15. The zero-order valence-corrected chi connectivity index (χ0v) is 10.2. The van der Waals surface area contributed by atoms with Crippen LogP contribution in [0, 0.1) is 0 Å². The van der Waals surface area contributed by atoms with Gasteiger partial charge in [0.25, 0.3) is 0 Å². The topological polar surface area (TPSA) is 58.6 Å². The van der Waals surface area contributed by atoms with E-state index < -0.39 is 5.60 Å². The van der Waals surface area contributed by atoms with Crippen LogP contribution in [-0.2, 0) is 9.53 Å². The maximum Gasteiger partial charge on any atom is 0.323 e. The Bertz CT molecular complexity index is 192. The highest BCUT2D eigenvalue weighted by molar-refractivity contribution is 5.75. The molecule has 0 amide bonds. The molecular formula is C11H23NO3. The van der Waals surface area contributed by atoms with Crippen LogP contribution in [0.5, 0.6) is 0 Å². The molecule has 0 aromatic carbocycles. The Morgan fingerprint density at radius 3 is 2.47 bits per heavy atom. The summed E-state index contributed by atoms with van der Waals surface area (Å²) in [5.74, 6) is -0.244. The minimum absolute atomic E-state index is 0.244. The number of esters is 1. The largest absolute Gasteiger partial charge is 0.465 e. The predicted molar refractivity (Wildman–Crippen MR) is 59.6 cm³/mol. The van der Waals surface area contributed by atoms with E-state index in [1.165, 1.54) is 0 Å². The number of carbonyl (C=O) groups excluding carboxylic acids is 1. The quantitative estimate of drug-likeness (QED) is 0.626. The van der Waals surface area contributed by atoms with Crippen molar-refractivity contribution in [1.82, 2.24) is 5.32 Å². The molecular weight excluding hydrogens is 194 g/mol. The lowest BCUT2D eigenvalue weighted by Crippen LogP contribution is -2.45. The molecule has 4 heteroatoms. The molecule has 15 heavy (non-hydrogen) atoms. The number of nitrogens with one attached hydrogen (secondary N) is 1. The Balaban J connectivity index is 4.05. The lowest BCUT2D eigenvalue weighted by molar-refractivity contribution is -0.146. The molecule has 0 aromatic rings. The summed E-state index contributed by atoms with van der Waals surface area (Å²) in [5, 5.41) is 12.8. The summed E-state index contributed by atoms with van der Waals surface area (Å²) in [5.41, 5.74) is -0.764. The molecule has 0 aliphatic carbocycles. The van der Waals surface area contributed by atoms with Crippen LogP contribution >= 0.6 is 0 Å². The number of hydrogen-bond donors (Lipinski definition) is 2. The molecule has 0 saturated carbocycles. The highest BCUT2D eigenvalue weighted by Crippen LogP contribution is 2.07. The molecule has 0 saturated heterocycles. The first-order valence-corrected chi connectivity index (χ1v) is 5.59. The van der Waals surface area contributed by atoms with Gasteiger partial charge in [-0.3, -0.25) is 4.79 Å². The molecule has 0 aliphatic rings. The van der Waals surface area contributed by atoms with Gasteiger partial charge in [-0.25, -0.2) is 0 Å². The van der Waals surface area contributed by atoms with E-state index in [1.807, 2.05) is 13.8 Å². The fourth-order valence-corrected chi connectivity index (χ4v) is 1.11. The number of ether oxygens (including phenoxy) is 1. The maximum atomic E-state index is 11.4. The molecule has 0 bridgehead atoms. The van der Waals surface area contributed by atoms with Gasteiger partial charge in [-0.1, -0.05) is 13.8 Å². The number of carbonyl (C=O) groups is 1. The first-order chi connectivity index (χ1) is 6.96. The minimum Gasteiger partial charge on any atom is -0.465 e. The highest BCUT2D eigenvalue weighted by atomic mass is 16.5. The van der Waals surface area contributed by atoms with Gasteiger partial charge in [0.1, 0.15) is 6.04 Å². The zero-order valence-electron chi connectivity index (χ0n) is 10.2. The average Bonchev–Trinajstić information content (AvgIpc) is 2.19. The average molecular weight is 217 g/mol. The van der Waals surface area contributed by atoms with Gasteiger partial charge in [-0.05, 0) is 26.7 Å². The van der Waals surface area contributed by atoms with Crippen LogP contribution in [0.15, 0.2) is 0 Å². The van der Waals surface area contributed by atoms with Gasteiger partial charge in [-0.2, -0.15) is 0 Å². The minimum atomic E-state index is -0.764. The van der Waals surface area contributed by atoms with Crippen LogP contribution in [0.1, 0.15) is 40.5 Å². The second-order valence-electron chi connectivity index (χ2n) is 3.94. The third-order valence-electron chi connectivity index (χ3n) is 2.47. The van der Waals surface area contributed by atoms with Crippen molar-refractivity contribution in [1.29, 1.82) is 0 Å². The molecule has 2 unspecified atom stereocenters. The zero-order chi connectivity index (χ0) is 11.9. The van der Waals surface area contributed by atoms with E-state index in [0.29, 0.717) is 26.0 Å². The van der Waals surface area contributed by atoms with Crippen molar-refractivity contribution in [2.24, 2.45) is 0 Å². The standard InChI is InChI=1S/C11H23NO3/c1-5-9(10(13)15-7-3)12-8-11(4,14)6-2/h9,12,14H,5-8H2,1-4H3. The van der Waals surface area contributed by atoms with Crippen molar-refractivity contribution < 1.29 is 14.6 Å². The lowest BCUT2D eigenvalue weighted by atomic mass is 10.0. The van der Waals surface area contributed by atoms with E-state index in [-0.39, 0.29) is 12.0 Å². The Morgan fingerprint density at radius 1 is 1.47 bits per heavy atom. The second kappa shape index (κ2) is 6.80. The van der Waals surface area contributed by atoms with Crippen molar-refractivity contribution in [2.75, 3.05) is 13.2 Å². The maximum absolute atomic E-state index is 11.4. The highest BCUT2D eigenvalue weighted by Gasteiger charge is 2.22. The normalized spacial score (nSPS) is 16.9. The van der Waals surface area contributed by atoms with Gasteiger partial charge < -0.3 is 15.2 Å². The third-order valence-corrected chi connectivity index (χ3v) is 2.47. The van der Waals surface area contributed by atoms with Crippen molar-refractivity contribution in [3.63, 3.8) is 0 Å². The molecule has 0 aromatic heterocycles. The first kappa shape index (κ1) is 14.4. The van der Waals surface area contributed by atoms with Gasteiger partial charge in [0.05, 0.1) is 12.2 Å². The number of rotatable bonds is 7. The van der Waals surface area contributed by atoms with Gasteiger partial charge in [0, 0.05) is 6.54 Å². The van der Waals surface area contributed by atoms with Crippen LogP contribution in [0.25, 0.3) is 0 Å². The first-order valence-electron chi connectivity index (χ1n) is 5.59. The molecule has 0 aliphatic heterocycles. The van der Waals surface area contributed by atoms with E-state index >= 15 is 0 Å². The Labute approximate surface area is 92.0 Å². The van der Waals surface area contributed by atoms with Crippen LogP contribution in [0.3, 0.4) is 0 Å². The van der Waals surface area contributed by atoms with Crippen molar-refractivity contribution in [2.45, 2.75) is 52.2 Å². The van der Waals surface area contributed by atoms with Crippen LogP contribution in [-0.4, -0.2) is 35.9 Å². The summed E-state index contributed by atoms with van der Waals surface area (Å²) in [6.07, 6.45) is 1.32. The molecule has 2 N–H and O–H groups in total. The Kier molecular flexibility index (Phi) is 6.52. The van der Waals surface area contributed by atoms with E-state index in [0.717, 1.165) is 0 Å². The van der Waals surface area contributed by atoms with Gasteiger partial charge in [0.15, 0.2) is 0 Å². The molecule has 4 nitrogen and oxygen atoms in total. The number of aliphatic hydroxyl groups is 1. The number of hydrogen-bond acceptors (Lipinski definition) is 4. The van der Waals surface area contributed by atoms with Gasteiger partial charge >= 0.3 is 5.97 Å². The van der Waals surface area contributed by atoms with E-state index in [9.17, 15) is 9.90 Å². The van der Waals surface area contributed by atoms with Gasteiger partial charge in [-0.15, -0.1) is 0 Å². The van der Waals surface area contributed by atoms with E-state index in [1.54, 1.807) is 13.8 Å². The SMILES string of the molecule is CCOC(=O)C(CC)NCC(C)(O)CC. The van der Waals surface area contributed by atoms with E-state index in [4.69, 9.17) is 4.74 Å². The van der Waals surface area contributed by atoms with E-state index in [2.05, 4.69) is 5.32 Å². The smallest absolute Gasteiger partial charge is 0.323 e. The third kappa shape index (κ3) is 5.74. The van der Waals surface area contributed by atoms with Crippen LogP contribution in [0.4, 0.5) is 0 Å². The molecule has 2 atom stereocenters. The molecule has 0 fully saturated rings. The predicted octanol–water partition coefficient (Wildman–Crippen LogP) is 1.08. The van der Waals surface area contributed by atoms with Crippen molar-refractivity contribution in [3.8, 4) is 0 Å². The Morgan fingerprint density at radius 2 is 2.07 bits per heavy atom. The summed E-state index contributed by atoms with van der Waals surface area (Å²) in [4.78, 5) is 11.4. The summed E-state index contributed by atoms with van der Waals surface area (Å²) in [6, 6.07) is -0.317. The summed E-state index contributed by atoms with van der Waals surface area (Å²) >= 11 is 0. The molecule has 0 radical (unpaired) electrons. The summed E-state index contributed by atoms with van der Waals surface area (Å²) < 4.78 is 4.91. The molecule has 0 rings (SSSR count). The monoisotopic (exact) mass is 217 g/mol. The fraction of sp³-hybridized carbons (Fsp3) is 0.909. The second-order valence-corrected chi connectivity index (χ2v) is 3.94. The molecule has 0 spiro atoms. The van der Waals surface area contributed by atoms with Crippen molar-refractivity contribution >= 4 is 5.97 Å². The van der Waals surface area contributed by atoms with Crippen LogP contribution in [0.2, 0.25) is 0 Å².